The summed E-state index contributed by atoms with van der Waals surface area (Å²) >= 11 is 3.20. The van der Waals surface area contributed by atoms with Crippen molar-refractivity contribution in [2.45, 2.75) is 11.3 Å². The molecule has 0 atom stereocenters. The van der Waals surface area contributed by atoms with E-state index in [2.05, 4.69) is 21.2 Å². The van der Waals surface area contributed by atoms with Gasteiger partial charge in [-0.15, -0.1) is 0 Å². The molecule has 1 heterocycles. The van der Waals surface area contributed by atoms with Gasteiger partial charge in [0.1, 0.15) is 0 Å². The maximum atomic E-state index is 13.1. The SMILES string of the molecule is O=C(Nc1ccc(Br)cc1C(=O)O)c1ccc(S(=O)(=O)N2CCc3ccccc32)cc1. The Balaban J connectivity index is 1.56. The predicted molar refractivity (Wildman–Crippen MR) is 120 cm³/mol. The van der Waals surface area contributed by atoms with Crippen LogP contribution in [0.15, 0.2) is 76.1 Å². The van der Waals surface area contributed by atoms with E-state index in [9.17, 15) is 23.1 Å². The van der Waals surface area contributed by atoms with Crippen LogP contribution in [0.4, 0.5) is 11.4 Å². The molecule has 0 aliphatic carbocycles. The molecule has 1 aliphatic rings. The van der Waals surface area contributed by atoms with Gasteiger partial charge in [0, 0.05) is 16.6 Å². The van der Waals surface area contributed by atoms with Crippen molar-refractivity contribution >= 4 is 49.2 Å². The molecule has 2 N–H and O–H groups in total. The van der Waals surface area contributed by atoms with Gasteiger partial charge >= 0.3 is 5.97 Å². The molecular formula is C22H17BrN2O5S. The van der Waals surface area contributed by atoms with Gasteiger partial charge in [-0.1, -0.05) is 34.1 Å². The number of carbonyl (C=O) groups is 2. The van der Waals surface area contributed by atoms with E-state index >= 15 is 0 Å². The smallest absolute Gasteiger partial charge is 0.337 e. The third-order valence-corrected chi connectivity index (χ3v) is 7.33. The van der Waals surface area contributed by atoms with Crippen LogP contribution in [-0.4, -0.2) is 31.9 Å². The number of carboxylic acid groups (broad SMARTS) is 1. The first kappa shape index (κ1) is 21.1. The molecule has 0 unspecified atom stereocenters. The summed E-state index contributed by atoms with van der Waals surface area (Å²) in [5.74, 6) is -1.72. The lowest BCUT2D eigenvalue weighted by atomic mass is 10.1. The molecule has 0 spiro atoms. The van der Waals surface area contributed by atoms with E-state index in [4.69, 9.17) is 0 Å². The molecule has 158 valence electrons. The minimum absolute atomic E-state index is 0.0605. The second-order valence-corrected chi connectivity index (χ2v) is 9.71. The Kier molecular flexibility index (Phi) is 5.55. The summed E-state index contributed by atoms with van der Waals surface area (Å²) in [7, 11) is -3.76. The second kappa shape index (κ2) is 8.16. The van der Waals surface area contributed by atoms with E-state index in [0.29, 0.717) is 23.1 Å². The molecule has 3 aromatic carbocycles. The van der Waals surface area contributed by atoms with Crippen molar-refractivity contribution in [3.63, 3.8) is 0 Å². The predicted octanol–water partition coefficient (Wildman–Crippen LogP) is 4.15. The average molecular weight is 501 g/mol. The lowest BCUT2D eigenvalue weighted by molar-refractivity contribution is 0.0698. The fourth-order valence-corrected chi connectivity index (χ4v) is 5.32. The molecule has 0 saturated carbocycles. The molecule has 0 fully saturated rings. The number of para-hydroxylation sites is 1. The highest BCUT2D eigenvalue weighted by Gasteiger charge is 2.30. The third kappa shape index (κ3) is 4.06. The molecule has 9 heteroatoms. The van der Waals surface area contributed by atoms with Crippen LogP contribution in [0.25, 0.3) is 0 Å². The normalized spacial score (nSPS) is 13.0. The highest BCUT2D eigenvalue weighted by molar-refractivity contribution is 9.10. The highest BCUT2D eigenvalue weighted by atomic mass is 79.9. The number of fused-ring (bicyclic) bond motifs is 1. The van der Waals surface area contributed by atoms with Crippen molar-refractivity contribution in [2.75, 3.05) is 16.2 Å². The minimum atomic E-state index is -3.76. The summed E-state index contributed by atoms with van der Waals surface area (Å²) in [5, 5.41) is 11.9. The molecule has 1 amide bonds. The molecule has 1 aliphatic heterocycles. The molecular weight excluding hydrogens is 484 g/mol. The Morgan fingerprint density at radius 2 is 1.71 bits per heavy atom. The number of anilines is 2. The molecule has 31 heavy (non-hydrogen) atoms. The van der Waals surface area contributed by atoms with E-state index in [1.807, 2.05) is 12.1 Å². The maximum absolute atomic E-state index is 13.1. The van der Waals surface area contributed by atoms with Gasteiger partial charge in [-0.05, 0) is 60.5 Å². The van der Waals surface area contributed by atoms with Crippen molar-refractivity contribution in [2.24, 2.45) is 0 Å². The van der Waals surface area contributed by atoms with Crippen LogP contribution in [0.1, 0.15) is 26.3 Å². The van der Waals surface area contributed by atoms with Crippen molar-refractivity contribution in [3.05, 3.63) is 87.9 Å². The maximum Gasteiger partial charge on any atom is 0.337 e. The average Bonchev–Trinajstić information content (AvgIpc) is 3.20. The van der Waals surface area contributed by atoms with E-state index in [-0.39, 0.29) is 21.7 Å². The van der Waals surface area contributed by atoms with Crippen molar-refractivity contribution < 1.29 is 23.1 Å². The van der Waals surface area contributed by atoms with E-state index in [1.165, 1.54) is 40.7 Å². The number of carboxylic acids is 1. The van der Waals surface area contributed by atoms with Crippen LogP contribution in [0, 0.1) is 0 Å². The van der Waals surface area contributed by atoms with Crippen LogP contribution >= 0.6 is 15.9 Å². The fraction of sp³-hybridized carbons (Fsp3) is 0.0909. The number of rotatable bonds is 5. The summed E-state index contributed by atoms with van der Waals surface area (Å²) in [6, 6.07) is 17.4. The van der Waals surface area contributed by atoms with E-state index in [0.717, 1.165) is 5.56 Å². The van der Waals surface area contributed by atoms with E-state index < -0.39 is 21.9 Å². The number of sulfonamides is 1. The number of aromatic carboxylic acids is 1. The molecule has 0 bridgehead atoms. The van der Waals surface area contributed by atoms with Gasteiger partial charge in [0.2, 0.25) is 0 Å². The molecule has 0 saturated heterocycles. The monoisotopic (exact) mass is 500 g/mol. The quantitative estimate of drug-likeness (QED) is 0.547. The van der Waals surface area contributed by atoms with Crippen LogP contribution < -0.4 is 9.62 Å². The van der Waals surface area contributed by atoms with Gasteiger partial charge in [-0.3, -0.25) is 9.10 Å². The van der Waals surface area contributed by atoms with Gasteiger partial charge in [0.05, 0.1) is 21.8 Å². The summed E-state index contributed by atoms with van der Waals surface area (Å²) in [4.78, 5) is 24.1. The Hall–Kier alpha value is -3.17. The first-order valence-electron chi connectivity index (χ1n) is 9.32. The number of amides is 1. The fourth-order valence-electron chi connectivity index (χ4n) is 3.46. The molecule has 0 aromatic heterocycles. The minimum Gasteiger partial charge on any atom is -0.478 e. The zero-order chi connectivity index (χ0) is 22.2. The molecule has 3 aromatic rings. The first-order chi connectivity index (χ1) is 14.8. The van der Waals surface area contributed by atoms with Crippen LogP contribution in [0.3, 0.4) is 0 Å². The largest absolute Gasteiger partial charge is 0.478 e. The Morgan fingerprint density at radius 3 is 2.42 bits per heavy atom. The highest BCUT2D eigenvalue weighted by Crippen LogP contribution is 2.32. The van der Waals surface area contributed by atoms with Crippen molar-refractivity contribution in [1.82, 2.24) is 0 Å². The van der Waals surface area contributed by atoms with Gasteiger partial charge in [-0.25, -0.2) is 13.2 Å². The number of hydrogen-bond donors (Lipinski definition) is 2. The van der Waals surface area contributed by atoms with Gasteiger partial charge in [0.15, 0.2) is 0 Å². The lowest BCUT2D eigenvalue weighted by Gasteiger charge is -2.19. The number of halogens is 1. The van der Waals surface area contributed by atoms with Crippen LogP contribution in [0.5, 0.6) is 0 Å². The Labute approximate surface area is 187 Å². The number of hydrogen-bond acceptors (Lipinski definition) is 4. The van der Waals surface area contributed by atoms with Gasteiger partial charge in [-0.2, -0.15) is 0 Å². The van der Waals surface area contributed by atoms with Gasteiger partial charge < -0.3 is 10.4 Å². The van der Waals surface area contributed by atoms with Crippen molar-refractivity contribution in [1.29, 1.82) is 0 Å². The zero-order valence-electron chi connectivity index (χ0n) is 16.1. The van der Waals surface area contributed by atoms with Crippen LogP contribution in [0.2, 0.25) is 0 Å². The zero-order valence-corrected chi connectivity index (χ0v) is 18.5. The summed E-state index contributed by atoms with van der Waals surface area (Å²) in [5.41, 5.74) is 1.94. The number of nitrogens with zero attached hydrogens (tertiary/aromatic N) is 1. The second-order valence-electron chi connectivity index (χ2n) is 6.93. The summed E-state index contributed by atoms with van der Waals surface area (Å²) in [6.45, 7) is 0.367. The van der Waals surface area contributed by atoms with E-state index in [1.54, 1.807) is 18.2 Å². The topological polar surface area (TPSA) is 104 Å². The Morgan fingerprint density at radius 1 is 1.00 bits per heavy atom. The third-order valence-electron chi connectivity index (χ3n) is 5.01. The number of carbonyl (C=O) groups excluding carboxylic acids is 1. The van der Waals surface area contributed by atoms with Crippen LogP contribution in [-0.2, 0) is 16.4 Å². The molecule has 4 rings (SSSR count). The Bertz CT molecular complexity index is 1290. The first-order valence-corrected chi connectivity index (χ1v) is 11.6. The number of benzene rings is 3. The lowest BCUT2D eigenvalue weighted by Crippen LogP contribution is -2.29. The summed E-state index contributed by atoms with van der Waals surface area (Å²) < 4.78 is 28.1. The number of nitrogens with one attached hydrogen (secondary N) is 1. The standard InChI is InChI=1S/C22H17BrN2O5S/c23-16-7-10-19(18(13-16)22(27)28)24-21(26)15-5-8-17(9-6-15)31(29,30)25-12-11-14-3-1-2-4-20(14)25/h1-10,13H,11-12H2,(H,24,26)(H,27,28). The summed E-state index contributed by atoms with van der Waals surface area (Å²) in [6.07, 6.45) is 0.648. The van der Waals surface area contributed by atoms with Gasteiger partial charge in [0.25, 0.3) is 15.9 Å². The molecule has 0 radical (unpaired) electrons. The molecule has 7 nitrogen and oxygen atoms in total. The van der Waals surface area contributed by atoms with Crippen molar-refractivity contribution in [3.8, 4) is 0 Å².